The van der Waals surface area contributed by atoms with Crippen LogP contribution in [0.4, 0.5) is 11.4 Å². The fraction of sp³-hybridized carbons (Fsp3) is 0.0746. The number of furan rings is 1. The van der Waals surface area contributed by atoms with Crippen molar-refractivity contribution in [3.05, 3.63) is 270 Å². The Balaban J connectivity index is 0.887. The second-order valence-electron chi connectivity index (χ2n) is 19.5. The van der Waals surface area contributed by atoms with Crippen LogP contribution in [-0.2, 0) is 10.8 Å². The fourth-order valence-electron chi connectivity index (χ4n) is 12.3. The van der Waals surface area contributed by atoms with E-state index in [1.54, 1.807) is 0 Å². The van der Waals surface area contributed by atoms with Crippen LogP contribution in [0.5, 0.6) is 11.5 Å². The van der Waals surface area contributed by atoms with E-state index in [1.807, 2.05) is 18.2 Å². The Morgan fingerprint density at radius 2 is 1.04 bits per heavy atom. The number of benzene rings is 10. The first-order valence-electron chi connectivity index (χ1n) is 24.3. The van der Waals surface area contributed by atoms with E-state index in [-0.39, 0.29) is 5.41 Å². The molecule has 2 heterocycles. The van der Waals surface area contributed by atoms with Crippen LogP contribution in [0.15, 0.2) is 241 Å². The summed E-state index contributed by atoms with van der Waals surface area (Å²) in [5, 5.41) is 6.79. The Hall–Kier alpha value is -8.66. The number of fused-ring (bicyclic) bond motifs is 17. The lowest BCUT2D eigenvalue weighted by atomic mass is 9.65. The van der Waals surface area contributed by atoms with Crippen molar-refractivity contribution in [2.45, 2.75) is 24.7 Å². The number of anilines is 2. The lowest BCUT2D eigenvalue weighted by Crippen LogP contribution is -2.32. The summed E-state index contributed by atoms with van der Waals surface area (Å²) in [7, 11) is 0. The third-order valence-electron chi connectivity index (χ3n) is 15.6. The van der Waals surface area contributed by atoms with E-state index in [2.05, 4.69) is 232 Å². The second kappa shape index (κ2) is 15.2. The molecule has 11 aromatic rings. The molecule has 0 amide bonds. The van der Waals surface area contributed by atoms with Gasteiger partial charge in [-0.25, -0.2) is 0 Å². The van der Waals surface area contributed by atoms with Gasteiger partial charge in [0.05, 0.1) is 5.41 Å². The van der Waals surface area contributed by atoms with Crippen LogP contribution < -0.4 is 9.64 Å². The van der Waals surface area contributed by atoms with Crippen LogP contribution >= 0.6 is 0 Å². The Morgan fingerprint density at radius 1 is 0.471 bits per heavy atom. The molecule has 70 heavy (non-hydrogen) atoms. The predicted octanol–water partition coefficient (Wildman–Crippen LogP) is 17.7. The van der Waals surface area contributed by atoms with E-state index in [9.17, 15) is 0 Å². The Morgan fingerprint density at radius 3 is 1.77 bits per heavy atom. The van der Waals surface area contributed by atoms with Gasteiger partial charge < -0.3 is 14.1 Å². The van der Waals surface area contributed by atoms with Gasteiger partial charge in [0, 0.05) is 56.0 Å². The first-order valence-corrected chi connectivity index (χ1v) is 24.3. The average Bonchev–Trinajstić information content (AvgIpc) is 4.00. The summed E-state index contributed by atoms with van der Waals surface area (Å²) >= 11 is 0. The topological polar surface area (TPSA) is 25.6 Å². The highest BCUT2D eigenvalue weighted by atomic mass is 16.5. The van der Waals surface area contributed by atoms with Gasteiger partial charge in [-0.15, -0.1) is 0 Å². The summed E-state index contributed by atoms with van der Waals surface area (Å²) in [5.41, 5.74) is 18.1. The quantitative estimate of drug-likeness (QED) is 0.159. The molecular weight excluding hydrogens is 851 g/mol. The molecule has 332 valence electrons. The number of rotatable bonds is 7. The van der Waals surface area contributed by atoms with Crippen molar-refractivity contribution in [1.82, 2.24) is 0 Å². The van der Waals surface area contributed by atoms with Crippen LogP contribution in [0.1, 0.15) is 47.2 Å². The number of para-hydroxylation sites is 1. The fourth-order valence-corrected chi connectivity index (χ4v) is 12.3. The van der Waals surface area contributed by atoms with E-state index >= 15 is 0 Å². The van der Waals surface area contributed by atoms with Crippen LogP contribution in [0, 0.1) is 0 Å². The third kappa shape index (κ3) is 5.69. The highest BCUT2D eigenvalue weighted by Crippen LogP contribution is 2.64. The normalized spacial score (nSPS) is 14.8. The van der Waals surface area contributed by atoms with Gasteiger partial charge >= 0.3 is 0 Å². The van der Waals surface area contributed by atoms with E-state index < -0.39 is 5.41 Å². The number of nitrogens with zero attached hydrogens (tertiary/aromatic N) is 1. The molecule has 3 aliphatic rings. The van der Waals surface area contributed by atoms with Crippen molar-refractivity contribution in [3.63, 3.8) is 0 Å². The highest BCUT2D eigenvalue weighted by molar-refractivity contribution is 6.06. The van der Waals surface area contributed by atoms with Gasteiger partial charge in [0.1, 0.15) is 22.7 Å². The maximum atomic E-state index is 7.18. The average molecular weight is 898 g/mol. The first kappa shape index (κ1) is 40.4. The molecule has 1 spiro atoms. The van der Waals surface area contributed by atoms with Gasteiger partial charge in [0.15, 0.2) is 0 Å². The lowest BCUT2D eigenvalue weighted by Gasteiger charge is -2.40. The van der Waals surface area contributed by atoms with E-state index in [1.165, 1.54) is 72.0 Å². The number of allylic oxidation sites excluding steroid dienone is 4. The summed E-state index contributed by atoms with van der Waals surface area (Å²) in [6, 6.07) is 75.2. The molecule has 10 aromatic carbocycles. The molecule has 14 rings (SSSR count). The molecule has 0 atom stereocenters. The van der Waals surface area contributed by atoms with Crippen molar-refractivity contribution in [2.75, 3.05) is 11.4 Å². The summed E-state index contributed by atoms with van der Waals surface area (Å²) in [5.74, 6) is 1.86. The summed E-state index contributed by atoms with van der Waals surface area (Å²) < 4.78 is 13.5. The molecule has 0 saturated heterocycles. The second-order valence-corrected chi connectivity index (χ2v) is 19.5. The summed E-state index contributed by atoms with van der Waals surface area (Å²) in [6.07, 6.45) is 6.65. The third-order valence-corrected chi connectivity index (χ3v) is 15.6. The van der Waals surface area contributed by atoms with Gasteiger partial charge in [0.25, 0.3) is 0 Å². The van der Waals surface area contributed by atoms with Gasteiger partial charge in [-0.1, -0.05) is 202 Å². The molecule has 3 heteroatoms. The highest BCUT2D eigenvalue weighted by Gasteiger charge is 2.52. The molecule has 0 saturated carbocycles. The van der Waals surface area contributed by atoms with Crippen molar-refractivity contribution in [1.29, 1.82) is 0 Å². The first-order chi connectivity index (χ1) is 34.4. The molecule has 0 fully saturated rings. The molecule has 0 N–H and O–H groups in total. The van der Waals surface area contributed by atoms with Crippen LogP contribution in [0.2, 0.25) is 0 Å². The zero-order valence-electron chi connectivity index (χ0n) is 39.0. The smallest absolute Gasteiger partial charge is 0.140 e. The van der Waals surface area contributed by atoms with Gasteiger partial charge in [-0.05, 0) is 109 Å². The molecule has 1 aliphatic heterocycles. The van der Waals surface area contributed by atoms with Crippen LogP contribution in [0.25, 0.3) is 71.3 Å². The molecule has 0 unspecified atom stereocenters. The summed E-state index contributed by atoms with van der Waals surface area (Å²) in [6.45, 7) is 9.55. The van der Waals surface area contributed by atoms with E-state index in [4.69, 9.17) is 9.15 Å². The number of hydrogen-bond donors (Lipinski definition) is 0. The maximum absolute atomic E-state index is 7.18. The minimum absolute atomic E-state index is 0.145. The Bertz CT molecular complexity index is 3980. The monoisotopic (exact) mass is 897 g/mol. The Kier molecular flexibility index (Phi) is 8.76. The molecular formula is C67H47NO2. The lowest BCUT2D eigenvalue weighted by molar-refractivity contribution is 0.447. The molecule has 2 aliphatic carbocycles. The molecule has 3 nitrogen and oxygen atoms in total. The van der Waals surface area contributed by atoms with Crippen molar-refractivity contribution in [3.8, 4) is 33.8 Å². The minimum Gasteiger partial charge on any atom is -0.456 e. The SMILES string of the molecule is C=CC1=C(/C=C\CN(c2ccc(-c3ccc4c(c3)-c3ccccc3C43c4ccc5ccccc5c4Oc4c3ccc3ccccc43)cc2)c2ccc3oc4ccccc4c3c2)C(C)(C)c2ccccc21. The van der Waals surface area contributed by atoms with Gasteiger partial charge in [-0.2, -0.15) is 0 Å². The number of ether oxygens (including phenoxy) is 1. The van der Waals surface area contributed by atoms with Crippen LogP contribution in [-0.4, -0.2) is 6.54 Å². The predicted molar refractivity (Wildman–Crippen MR) is 291 cm³/mol. The number of hydrogen-bond acceptors (Lipinski definition) is 3. The zero-order chi connectivity index (χ0) is 46.7. The van der Waals surface area contributed by atoms with Crippen molar-refractivity contribution < 1.29 is 9.15 Å². The van der Waals surface area contributed by atoms with Gasteiger partial charge in [0.2, 0.25) is 0 Å². The molecule has 0 bridgehead atoms. The Labute approximate surface area is 407 Å². The standard InChI is InChI=1S/C67H47NO2/c1-4-48-51-20-9-12-23-57(51)66(2,3)56(48)25-15-39-68(47-34-38-63-55(41-47)53-22-11-14-26-62(53)69-63)46-32-27-42(28-33-46)45-31-35-59-54(40-45)52-21-10-13-24-58(52)67(59)60-36-29-43-16-5-7-18-49(43)64(60)70-65-50-19-8-6-17-44(50)30-37-61(65)67/h4-38,40-41H,1,39H2,2-3H3/b25-15-. The zero-order valence-corrected chi connectivity index (χ0v) is 39.0. The van der Waals surface area contributed by atoms with E-state index in [0.717, 1.165) is 61.1 Å². The molecule has 1 aromatic heterocycles. The van der Waals surface area contributed by atoms with E-state index in [0.29, 0.717) is 6.54 Å². The van der Waals surface area contributed by atoms with Crippen molar-refractivity contribution >= 4 is 60.4 Å². The largest absolute Gasteiger partial charge is 0.456 e. The van der Waals surface area contributed by atoms with Crippen molar-refractivity contribution in [2.24, 2.45) is 0 Å². The molecule has 0 radical (unpaired) electrons. The minimum atomic E-state index is -0.584. The van der Waals surface area contributed by atoms with Gasteiger partial charge in [-0.3, -0.25) is 0 Å². The van der Waals surface area contributed by atoms with Crippen LogP contribution in [0.3, 0.4) is 0 Å². The summed E-state index contributed by atoms with van der Waals surface area (Å²) in [4.78, 5) is 2.40. The maximum Gasteiger partial charge on any atom is 0.140 e.